The highest BCUT2D eigenvalue weighted by atomic mass is 16.5. The second kappa shape index (κ2) is 3.09. The van der Waals surface area contributed by atoms with Gasteiger partial charge in [-0.05, 0) is 12.8 Å². The Hall–Kier alpha value is -1.12. The molecule has 0 radical (unpaired) electrons. The van der Waals surface area contributed by atoms with Gasteiger partial charge in [-0.2, -0.15) is 0 Å². The summed E-state index contributed by atoms with van der Waals surface area (Å²) in [6.45, 7) is 0. The van der Waals surface area contributed by atoms with Crippen LogP contribution in [0.2, 0.25) is 0 Å². The molecular weight excluding hydrogens is 154 g/mol. The van der Waals surface area contributed by atoms with E-state index in [9.17, 15) is 4.79 Å². The molecule has 64 valence electrons. The Balaban J connectivity index is 2.16. The van der Waals surface area contributed by atoms with Gasteiger partial charge in [0.15, 0.2) is 6.29 Å². The smallest absolute Gasteiger partial charge is 0.171 e. The number of hydrogen-bond acceptors (Lipinski definition) is 3. The standard InChI is InChI=1S/C9H11NO2/c11-6-8-5-9(12-10-8)7-3-1-2-4-7/h5-7H,1-4H2. The van der Waals surface area contributed by atoms with Gasteiger partial charge in [0.25, 0.3) is 0 Å². The quantitative estimate of drug-likeness (QED) is 0.630. The molecule has 2 rings (SSSR count). The monoisotopic (exact) mass is 165 g/mol. The molecule has 0 atom stereocenters. The number of aromatic nitrogens is 1. The minimum Gasteiger partial charge on any atom is -0.360 e. The van der Waals surface area contributed by atoms with Crippen LogP contribution in [0.3, 0.4) is 0 Å². The van der Waals surface area contributed by atoms with Crippen molar-refractivity contribution in [3.05, 3.63) is 17.5 Å². The van der Waals surface area contributed by atoms with Gasteiger partial charge in [0.05, 0.1) is 0 Å². The van der Waals surface area contributed by atoms with E-state index < -0.39 is 0 Å². The summed E-state index contributed by atoms with van der Waals surface area (Å²) in [6, 6.07) is 1.75. The van der Waals surface area contributed by atoms with E-state index in [1.165, 1.54) is 25.7 Å². The summed E-state index contributed by atoms with van der Waals surface area (Å²) in [6.07, 6.45) is 5.60. The molecule has 0 amide bonds. The molecule has 1 saturated carbocycles. The number of aldehydes is 1. The van der Waals surface area contributed by atoms with E-state index in [2.05, 4.69) is 5.16 Å². The lowest BCUT2D eigenvalue weighted by Gasteiger charge is -2.00. The Kier molecular flexibility index (Phi) is 1.94. The van der Waals surface area contributed by atoms with Crippen molar-refractivity contribution in [3.63, 3.8) is 0 Å². The molecule has 0 aromatic carbocycles. The highest BCUT2D eigenvalue weighted by Gasteiger charge is 2.20. The van der Waals surface area contributed by atoms with Crippen molar-refractivity contribution in [2.45, 2.75) is 31.6 Å². The van der Waals surface area contributed by atoms with Crippen LogP contribution in [0.5, 0.6) is 0 Å². The van der Waals surface area contributed by atoms with Crippen LogP contribution in [-0.2, 0) is 0 Å². The second-order valence-corrected chi connectivity index (χ2v) is 3.25. The van der Waals surface area contributed by atoms with E-state index >= 15 is 0 Å². The molecule has 0 unspecified atom stereocenters. The molecule has 12 heavy (non-hydrogen) atoms. The molecule has 3 nitrogen and oxygen atoms in total. The minimum absolute atomic E-state index is 0.414. The van der Waals surface area contributed by atoms with E-state index in [1.807, 2.05) is 0 Å². The van der Waals surface area contributed by atoms with Crippen LogP contribution in [0.15, 0.2) is 10.6 Å². The molecule has 1 heterocycles. The van der Waals surface area contributed by atoms with Crippen LogP contribution < -0.4 is 0 Å². The van der Waals surface area contributed by atoms with Crippen molar-refractivity contribution in [3.8, 4) is 0 Å². The third-order valence-corrected chi connectivity index (χ3v) is 2.42. The van der Waals surface area contributed by atoms with Crippen LogP contribution in [0.4, 0.5) is 0 Å². The van der Waals surface area contributed by atoms with Gasteiger partial charge < -0.3 is 4.52 Å². The Morgan fingerprint density at radius 3 is 2.83 bits per heavy atom. The van der Waals surface area contributed by atoms with E-state index in [0.29, 0.717) is 11.6 Å². The van der Waals surface area contributed by atoms with Gasteiger partial charge in [-0.3, -0.25) is 4.79 Å². The van der Waals surface area contributed by atoms with Crippen molar-refractivity contribution in [1.29, 1.82) is 0 Å². The Bertz CT molecular complexity index is 274. The zero-order valence-electron chi connectivity index (χ0n) is 6.82. The average Bonchev–Trinajstić information content (AvgIpc) is 2.75. The van der Waals surface area contributed by atoms with Crippen molar-refractivity contribution in [2.24, 2.45) is 0 Å². The maximum absolute atomic E-state index is 10.3. The molecule has 1 fully saturated rings. The van der Waals surface area contributed by atoms with E-state index in [4.69, 9.17) is 4.52 Å². The lowest BCUT2D eigenvalue weighted by Crippen LogP contribution is -1.87. The van der Waals surface area contributed by atoms with Crippen LogP contribution >= 0.6 is 0 Å². The first-order valence-corrected chi connectivity index (χ1v) is 4.32. The zero-order chi connectivity index (χ0) is 8.39. The van der Waals surface area contributed by atoms with Gasteiger partial charge in [0, 0.05) is 12.0 Å². The lowest BCUT2D eigenvalue weighted by atomic mass is 10.1. The maximum atomic E-state index is 10.3. The molecule has 0 saturated heterocycles. The molecule has 0 bridgehead atoms. The second-order valence-electron chi connectivity index (χ2n) is 3.25. The fourth-order valence-electron chi connectivity index (χ4n) is 1.76. The van der Waals surface area contributed by atoms with E-state index in [0.717, 1.165) is 12.0 Å². The van der Waals surface area contributed by atoms with Gasteiger partial charge in [-0.15, -0.1) is 0 Å². The summed E-state index contributed by atoms with van der Waals surface area (Å²) >= 11 is 0. The summed E-state index contributed by atoms with van der Waals surface area (Å²) in [5.41, 5.74) is 0.414. The Morgan fingerprint density at radius 1 is 1.50 bits per heavy atom. The number of hydrogen-bond donors (Lipinski definition) is 0. The van der Waals surface area contributed by atoms with Gasteiger partial charge in [-0.1, -0.05) is 18.0 Å². The summed E-state index contributed by atoms with van der Waals surface area (Å²) in [5, 5.41) is 3.64. The first-order valence-electron chi connectivity index (χ1n) is 4.32. The SMILES string of the molecule is O=Cc1cc(C2CCCC2)on1. The molecule has 1 aromatic heterocycles. The largest absolute Gasteiger partial charge is 0.360 e. The molecule has 1 aromatic rings. The summed E-state index contributed by atoms with van der Waals surface area (Å²) in [7, 11) is 0. The van der Waals surface area contributed by atoms with Gasteiger partial charge in [0.2, 0.25) is 0 Å². The first kappa shape index (κ1) is 7.53. The van der Waals surface area contributed by atoms with Crippen molar-refractivity contribution in [2.75, 3.05) is 0 Å². The summed E-state index contributed by atoms with van der Waals surface area (Å²) < 4.78 is 5.06. The molecule has 0 spiro atoms. The molecule has 0 aliphatic heterocycles. The topological polar surface area (TPSA) is 43.1 Å². The average molecular weight is 165 g/mol. The molecule has 1 aliphatic rings. The number of carbonyl (C=O) groups excluding carboxylic acids is 1. The number of carbonyl (C=O) groups is 1. The third-order valence-electron chi connectivity index (χ3n) is 2.42. The highest BCUT2D eigenvalue weighted by Crippen LogP contribution is 2.33. The fourth-order valence-corrected chi connectivity index (χ4v) is 1.76. The van der Waals surface area contributed by atoms with Gasteiger partial charge in [0.1, 0.15) is 11.5 Å². The predicted molar refractivity (Wildman–Crippen MR) is 43.1 cm³/mol. The third kappa shape index (κ3) is 1.26. The predicted octanol–water partition coefficient (Wildman–Crippen LogP) is 2.14. The molecular formula is C9H11NO2. The van der Waals surface area contributed by atoms with Crippen molar-refractivity contribution >= 4 is 6.29 Å². The van der Waals surface area contributed by atoms with E-state index in [1.54, 1.807) is 6.07 Å². The van der Waals surface area contributed by atoms with Crippen LogP contribution in [0, 0.1) is 0 Å². The normalized spacial score (nSPS) is 18.3. The van der Waals surface area contributed by atoms with Crippen LogP contribution in [0.1, 0.15) is 47.8 Å². The summed E-state index contributed by atoms with van der Waals surface area (Å²) in [4.78, 5) is 10.3. The highest BCUT2D eigenvalue weighted by molar-refractivity contribution is 5.71. The van der Waals surface area contributed by atoms with E-state index in [-0.39, 0.29) is 0 Å². The molecule has 0 N–H and O–H groups in total. The minimum atomic E-state index is 0.414. The Labute approximate surface area is 70.7 Å². The van der Waals surface area contributed by atoms with Crippen molar-refractivity contribution in [1.82, 2.24) is 5.16 Å². The Morgan fingerprint density at radius 2 is 2.25 bits per heavy atom. The first-order chi connectivity index (χ1) is 5.90. The van der Waals surface area contributed by atoms with Crippen molar-refractivity contribution < 1.29 is 9.32 Å². The lowest BCUT2D eigenvalue weighted by molar-refractivity contribution is 0.111. The molecule has 1 aliphatic carbocycles. The van der Waals surface area contributed by atoms with Gasteiger partial charge in [-0.25, -0.2) is 0 Å². The fraction of sp³-hybridized carbons (Fsp3) is 0.556. The van der Waals surface area contributed by atoms with Crippen LogP contribution in [-0.4, -0.2) is 11.4 Å². The number of nitrogens with zero attached hydrogens (tertiary/aromatic N) is 1. The van der Waals surface area contributed by atoms with Crippen LogP contribution in [0.25, 0.3) is 0 Å². The maximum Gasteiger partial charge on any atom is 0.171 e. The zero-order valence-corrected chi connectivity index (χ0v) is 6.82. The van der Waals surface area contributed by atoms with Gasteiger partial charge >= 0.3 is 0 Å². The summed E-state index contributed by atoms with van der Waals surface area (Å²) in [5.74, 6) is 1.39. The molecule has 3 heteroatoms. The number of rotatable bonds is 2.